The Morgan fingerprint density at radius 2 is 2.09 bits per heavy atom. The van der Waals surface area contributed by atoms with Gasteiger partial charge in [-0.1, -0.05) is 5.16 Å². The van der Waals surface area contributed by atoms with Gasteiger partial charge in [-0.2, -0.15) is 4.98 Å². The molecule has 2 atom stereocenters. The van der Waals surface area contributed by atoms with Crippen LogP contribution in [-0.4, -0.2) is 65.2 Å². The van der Waals surface area contributed by atoms with Gasteiger partial charge in [-0.3, -0.25) is 9.69 Å². The molecule has 1 amide bonds. The molecule has 0 radical (unpaired) electrons. The summed E-state index contributed by atoms with van der Waals surface area (Å²) in [5.74, 6) is 1.62. The molecule has 0 N–H and O–H groups in total. The molecule has 22 heavy (non-hydrogen) atoms. The fraction of sp³-hybridized carbons (Fsp3) is 0.800. The number of likely N-dealkylation sites (tertiary alicyclic amines) is 1. The van der Waals surface area contributed by atoms with Crippen molar-refractivity contribution in [2.45, 2.75) is 32.7 Å². The number of aryl methyl sites for hydroxylation is 1. The molecule has 122 valence electrons. The summed E-state index contributed by atoms with van der Waals surface area (Å²) in [5.41, 5.74) is 0. The first-order valence-corrected chi connectivity index (χ1v) is 8.06. The molecule has 0 spiro atoms. The fourth-order valence-electron chi connectivity index (χ4n) is 3.24. The van der Waals surface area contributed by atoms with Gasteiger partial charge < -0.3 is 14.2 Å². The summed E-state index contributed by atoms with van der Waals surface area (Å²) in [6, 6.07) is 0.0569. The Morgan fingerprint density at radius 3 is 2.77 bits per heavy atom. The zero-order valence-corrected chi connectivity index (χ0v) is 13.3. The summed E-state index contributed by atoms with van der Waals surface area (Å²) in [6.07, 6.45) is 1.99. The highest BCUT2D eigenvalue weighted by Crippen LogP contribution is 2.27. The van der Waals surface area contributed by atoms with Crippen LogP contribution in [0.2, 0.25) is 0 Å². The van der Waals surface area contributed by atoms with Crippen molar-refractivity contribution in [1.82, 2.24) is 19.9 Å². The number of carbonyl (C=O) groups excluding carboxylic acids is 1. The second-order valence-electron chi connectivity index (χ2n) is 6.13. The highest BCUT2D eigenvalue weighted by Gasteiger charge is 2.33. The second-order valence-corrected chi connectivity index (χ2v) is 6.13. The van der Waals surface area contributed by atoms with E-state index < -0.39 is 0 Å². The summed E-state index contributed by atoms with van der Waals surface area (Å²) in [6.45, 7) is 8.35. The Bertz CT molecular complexity index is 513. The summed E-state index contributed by atoms with van der Waals surface area (Å²) in [7, 11) is 0. The van der Waals surface area contributed by atoms with E-state index in [4.69, 9.17) is 9.26 Å². The molecule has 2 saturated heterocycles. The number of ether oxygens (including phenoxy) is 1. The number of piperidine rings is 1. The third kappa shape index (κ3) is 3.30. The third-order valence-corrected chi connectivity index (χ3v) is 4.57. The Labute approximate surface area is 130 Å². The van der Waals surface area contributed by atoms with Gasteiger partial charge in [0.15, 0.2) is 5.82 Å². The van der Waals surface area contributed by atoms with E-state index in [1.54, 1.807) is 0 Å². The summed E-state index contributed by atoms with van der Waals surface area (Å²) < 4.78 is 10.6. The van der Waals surface area contributed by atoms with Crippen molar-refractivity contribution in [2.24, 2.45) is 5.92 Å². The lowest BCUT2D eigenvalue weighted by Crippen LogP contribution is -2.48. The number of hydrogen-bond acceptors (Lipinski definition) is 6. The Morgan fingerprint density at radius 1 is 1.32 bits per heavy atom. The number of aromatic nitrogens is 2. The molecule has 0 aliphatic carbocycles. The van der Waals surface area contributed by atoms with Gasteiger partial charge in [-0.15, -0.1) is 0 Å². The summed E-state index contributed by atoms with van der Waals surface area (Å²) in [5, 5.41) is 3.86. The lowest BCUT2D eigenvalue weighted by Gasteiger charge is -2.37. The van der Waals surface area contributed by atoms with Crippen LogP contribution in [0, 0.1) is 12.8 Å². The smallest absolute Gasteiger partial charge is 0.243 e. The molecule has 2 aliphatic heterocycles. The molecule has 3 rings (SSSR count). The van der Waals surface area contributed by atoms with Crippen molar-refractivity contribution >= 4 is 5.91 Å². The molecule has 0 bridgehead atoms. The SMILES string of the molecule is Cc1noc([C@@H](C)N2CCC[C@@H](C(=O)N3CCOCC3)C2)n1. The van der Waals surface area contributed by atoms with Crippen LogP contribution in [0.15, 0.2) is 4.52 Å². The summed E-state index contributed by atoms with van der Waals surface area (Å²) >= 11 is 0. The molecule has 7 nitrogen and oxygen atoms in total. The molecule has 7 heteroatoms. The monoisotopic (exact) mass is 308 g/mol. The molecular weight excluding hydrogens is 284 g/mol. The summed E-state index contributed by atoms with van der Waals surface area (Å²) in [4.78, 5) is 21.2. The number of rotatable bonds is 3. The standard InChI is InChI=1S/C15H24N4O3/c1-11(14-16-12(2)17-22-14)19-5-3-4-13(10-19)15(20)18-6-8-21-9-7-18/h11,13H,3-10H2,1-2H3/t11-,13-/m1/s1. The van der Waals surface area contributed by atoms with Crippen LogP contribution in [0.3, 0.4) is 0 Å². The minimum absolute atomic E-state index is 0.0569. The van der Waals surface area contributed by atoms with E-state index in [1.807, 2.05) is 11.8 Å². The average molecular weight is 308 g/mol. The maximum absolute atomic E-state index is 12.7. The lowest BCUT2D eigenvalue weighted by atomic mass is 9.95. The van der Waals surface area contributed by atoms with Gasteiger partial charge in [-0.25, -0.2) is 0 Å². The van der Waals surface area contributed by atoms with Gasteiger partial charge in [0.1, 0.15) is 0 Å². The lowest BCUT2D eigenvalue weighted by molar-refractivity contribution is -0.141. The molecule has 2 aliphatic rings. The predicted octanol–water partition coefficient (Wildman–Crippen LogP) is 1.01. The van der Waals surface area contributed by atoms with Crippen molar-refractivity contribution in [3.05, 3.63) is 11.7 Å². The minimum atomic E-state index is 0.0569. The van der Waals surface area contributed by atoms with Gasteiger partial charge in [0.25, 0.3) is 0 Å². The van der Waals surface area contributed by atoms with Crippen molar-refractivity contribution in [1.29, 1.82) is 0 Å². The number of hydrogen-bond donors (Lipinski definition) is 0. The van der Waals surface area contributed by atoms with Gasteiger partial charge in [0.05, 0.1) is 25.2 Å². The normalized spacial score (nSPS) is 25.2. The predicted molar refractivity (Wildman–Crippen MR) is 79.1 cm³/mol. The van der Waals surface area contributed by atoms with Crippen molar-refractivity contribution < 1.29 is 14.1 Å². The van der Waals surface area contributed by atoms with Crippen LogP contribution in [0.4, 0.5) is 0 Å². The average Bonchev–Trinajstić information content (AvgIpc) is 3.01. The first-order valence-electron chi connectivity index (χ1n) is 8.06. The van der Waals surface area contributed by atoms with Crippen molar-refractivity contribution in [2.75, 3.05) is 39.4 Å². The van der Waals surface area contributed by atoms with Crippen LogP contribution in [0.1, 0.15) is 37.5 Å². The molecule has 3 heterocycles. The van der Waals surface area contributed by atoms with E-state index >= 15 is 0 Å². The van der Waals surface area contributed by atoms with E-state index in [0.29, 0.717) is 38.0 Å². The molecule has 2 fully saturated rings. The Balaban J connectivity index is 1.62. The largest absolute Gasteiger partial charge is 0.378 e. The molecule has 1 aromatic heterocycles. The van der Waals surface area contributed by atoms with Crippen LogP contribution < -0.4 is 0 Å². The van der Waals surface area contributed by atoms with Crippen LogP contribution in [0.25, 0.3) is 0 Å². The van der Waals surface area contributed by atoms with E-state index in [2.05, 4.69) is 22.0 Å². The Kier molecular flexibility index (Phi) is 4.73. The van der Waals surface area contributed by atoms with E-state index in [1.165, 1.54) is 0 Å². The fourth-order valence-corrected chi connectivity index (χ4v) is 3.24. The highest BCUT2D eigenvalue weighted by atomic mass is 16.5. The zero-order chi connectivity index (χ0) is 15.5. The zero-order valence-electron chi connectivity index (χ0n) is 13.3. The molecule has 0 saturated carbocycles. The quantitative estimate of drug-likeness (QED) is 0.830. The minimum Gasteiger partial charge on any atom is -0.378 e. The van der Waals surface area contributed by atoms with Crippen molar-refractivity contribution in [3.8, 4) is 0 Å². The second kappa shape index (κ2) is 6.75. The third-order valence-electron chi connectivity index (χ3n) is 4.57. The van der Waals surface area contributed by atoms with Crippen LogP contribution >= 0.6 is 0 Å². The van der Waals surface area contributed by atoms with E-state index in [0.717, 1.165) is 25.9 Å². The van der Waals surface area contributed by atoms with E-state index in [9.17, 15) is 4.79 Å². The maximum Gasteiger partial charge on any atom is 0.243 e. The number of nitrogens with zero attached hydrogens (tertiary/aromatic N) is 4. The molecular formula is C15H24N4O3. The highest BCUT2D eigenvalue weighted by molar-refractivity contribution is 5.79. The number of morpholine rings is 1. The van der Waals surface area contributed by atoms with Crippen LogP contribution in [-0.2, 0) is 9.53 Å². The molecule has 0 aromatic carbocycles. The van der Waals surface area contributed by atoms with E-state index in [-0.39, 0.29) is 17.9 Å². The van der Waals surface area contributed by atoms with Gasteiger partial charge >= 0.3 is 0 Å². The first-order chi connectivity index (χ1) is 10.6. The van der Waals surface area contributed by atoms with Gasteiger partial charge in [0.2, 0.25) is 11.8 Å². The van der Waals surface area contributed by atoms with Crippen LogP contribution in [0.5, 0.6) is 0 Å². The van der Waals surface area contributed by atoms with Gasteiger partial charge in [0, 0.05) is 19.6 Å². The van der Waals surface area contributed by atoms with Crippen molar-refractivity contribution in [3.63, 3.8) is 0 Å². The first kappa shape index (κ1) is 15.4. The number of amides is 1. The van der Waals surface area contributed by atoms with Gasteiger partial charge in [-0.05, 0) is 33.2 Å². The molecule has 1 aromatic rings. The molecule has 0 unspecified atom stereocenters. The Hall–Kier alpha value is -1.47. The maximum atomic E-state index is 12.7. The topological polar surface area (TPSA) is 71.7 Å². The number of carbonyl (C=O) groups is 1.